The Labute approximate surface area is 125 Å². The van der Waals surface area contributed by atoms with Crippen molar-refractivity contribution in [1.29, 1.82) is 0 Å². The maximum atomic E-state index is 11.4. The Hall–Kier alpha value is -0.333. The molecular weight excluding hydrogens is 292 g/mol. The summed E-state index contributed by atoms with van der Waals surface area (Å²) in [5.41, 5.74) is 1.10. The number of anilines is 1. The molecule has 0 radical (unpaired) electrons. The minimum atomic E-state index is -0.920. The summed E-state index contributed by atoms with van der Waals surface area (Å²) < 4.78 is 0. The smallest absolute Gasteiger partial charge is 0.225 e. The molecule has 0 fully saturated rings. The summed E-state index contributed by atoms with van der Waals surface area (Å²) in [5.74, 6) is 2.23. The van der Waals surface area contributed by atoms with E-state index in [1.54, 1.807) is 23.2 Å². The van der Waals surface area contributed by atoms with E-state index in [4.69, 9.17) is 0 Å². The molecule has 0 aromatic carbocycles. The Bertz CT molecular complexity index is 415. The topological polar surface area (TPSA) is 33.2 Å². The van der Waals surface area contributed by atoms with Crippen molar-refractivity contribution in [2.45, 2.75) is 45.3 Å². The monoisotopic (exact) mass is 316 g/mol. The Balaban J connectivity index is 2.45. The number of rotatable bonds is 7. The predicted molar refractivity (Wildman–Crippen MR) is 90.1 cm³/mol. The van der Waals surface area contributed by atoms with Crippen LogP contribution in [0.1, 0.15) is 19.5 Å². The van der Waals surface area contributed by atoms with Crippen LogP contribution in [0.3, 0.4) is 0 Å². The minimum absolute atomic E-state index is 0.0646. The van der Waals surface area contributed by atoms with Gasteiger partial charge in [-0.2, -0.15) is 11.8 Å². The number of nitrogens with zero attached hydrogens (tertiary/aromatic N) is 2. The van der Waals surface area contributed by atoms with Gasteiger partial charge in [0.1, 0.15) is 0 Å². The van der Waals surface area contributed by atoms with Gasteiger partial charge in [0, 0.05) is 32.7 Å². The van der Waals surface area contributed by atoms with Gasteiger partial charge in [-0.1, -0.05) is 19.6 Å². The van der Waals surface area contributed by atoms with Crippen LogP contribution in [0.5, 0.6) is 0 Å². The van der Waals surface area contributed by atoms with Gasteiger partial charge < -0.3 is 0 Å². The van der Waals surface area contributed by atoms with E-state index in [2.05, 4.69) is 30.0 Å². The normalized spacial score (nSPS) is 11.6. The van der Waals surface area contributed by atoms with Gasteiger partial charge in [-0.05, 0) is 18.7 Å². The summed E-state index contributed by atoms with van der Waals surface area (Å²) in [6, 6.07) is 1.35. The average molecular weight is 317 g/mol. The molecule has 1 aromatic heterocycles. The molecule has 0 aliphatic rings. The molecule has 1 amide bonds. The molecule has 0 spiro atoms. The second kappa shape index (κ2) is 7.45. The lowest BCUT2D eigenvalue weighted by Crippen LogP contribution is -2.27. The molecule has 0 aliphatic carbocycles. The molecule has 1 heterocycles. The second-order valence-electron chi connectivity index (χ2n) is 5.75. The van der Waals surface area contributed by atoms with Crippen molar-refractivity contribution in [2.24, 2.45) is 0 Å². The number of carbonyl (C=O) groups is 1. The number of aromatic nitrogens is 1. The van der Waals surface area contributed by atoms with E-state index in [9.17, 15) is 4.79 Å². The van der Waals surface area contributed by atoms with Crippen molar-refractivity contribution in [3.63, 3.8) is 0 Å². The van der Waals surface area contributed by atoms with E-state index in [0.717, 1.165) is 16.6 Å². The molecule has 0 N–H and O–H groups in total. The van der Waals surface area contributed by atoms with Crippen LogP contribution in [0.2, 0.25) is 25.7 Å². The predicted octanol–water partition coefficient (Wildman–Crippen LogP) is 4.09. The molecule has 108 valence electrons. The highest BCUT2D eigenvalue weighted by Gasteiger charge is 2.14. The first-order valence-corrected chi connectivity index (χ1v) is 12.4. The highest BCUT2D eigenvalue weighted by Crippen LogP contribution is 2.24. The largest absolute Gasteiger partial charge is 0.289 e. The third-order valence-corrected chi connectivity index (χ3v) is 6.73. The molecule has 1 rings (SSSR count). The Morgan fingerprint density at radius 2 is 2.16 bits per heavy atom. The van der Waals surface area contributed by atoms with Crippen LogP contribution in [0.15, 0.2) is 5.38 Å². The number of thiazole rings is 1. The van der Waals surface area contributed by atoms with Crippen LogP contribution < -0.4 is 4.90 Å². The van der Waals surface area contributed by atoms with Gasteiger partial charge in [0.05, 0.1) is 5.69 Å². The van der Waals surface area contributed by atoms with Crippen LogP contribution in [0, 0.1) is 0 Å². The lowest BCUT2D eigenvalue weighted by Gasteiger charge is -2.15. The van der Waals surface area contributed by atoms with E-state index < -0.39 is 8.07 Å². The quantitative estimate of drug-likeness (QED) is 0.561. The van der Waals surface area contributed by atoms with Gasteiger partial charge in [-0.25, -0.2) is 4.98 Å². The van der Waals surface area contributed by atoms with Crippen molar-refractivity contribution in [1.82, 2.24) is 4.98 Å². The zero-order valence-corrected chi connectivity index (χ0v) is 15.2. The standard InChI is InChI=1S/C13H24N2OS2Si/c1-6-15(11(2)16)13-14-12(10-18-13)9-17-7-8-19(3,4)5/h10H,6-9H2,1-5H3. The molecule has 0 saturated carbocycles. The van der Waals surface area contributed by atoms with E-state index in [-0.39, 0.29) is 5.91 Å². The van der Waals surface area contributed by atoms with Gasteiger partial charge >= 0.3 is 0 Å². The fraction of sp³-hybridized carbons (Fsp3) is 0.692. The van der Waals surface area contributed by atoms with Crippen LogP contribution in [-0.4, -0.2) is 31.3 Å². The molecule has 0 saturated heterocycles. The van der Waals surface area contributed by atoms with Gasteiger partial charge in [-0.3, -0.25) is 9.69 Å². The number of carbonyl (C=O) groups excluding carboxylic acids is 1. The average Bonchev–Trinajstić information content (AvgIpc) is 2.72. The van der Waals surface area contributed by atoms with Crippen molar-refractivity contribution in [3.05, 3.63) is 11.1 Å². The van der Waals surface area contributed by atoms with Crippen molar-refractivity contribution in [2.75, 3.05) is 17.2 Å². The molecule has 0 unspecified atom stereocenters. The van der Waals surface area contributed by atoms with Crippen LogP contribution >= 0.6 is 23.1 Å². The molecule has 3 nitrogen and oxygen atoms in total. The minimum Gasteiger partial charge on any atom is -0.289 e. The second-order valence-corrected chi connectivity index (χ2v) is 13.3. The molecule has 19 heavy (non-hydrogen) atoms. The summed E-state index contributed by atoms with van der Waals surface area (Å²) >= 11 is 3.51. The molecule has 0 aliphatic heterocycles. The molecule has 0 atom stereocenters. The Kier molecular flexibility index (Phi) is 6.56. The molecular formula is C13H24N2OS2Si. The summed E-state index contributed by atoms with van der Waals surface area (Å²) in [6.07, 6.45) is 0. The zero-order valence-electron chi connectivity index (χ0n) is 12.5. The van der Waals surface area contributed by atoms with Crippen LogP contribution in [0.4, 0.5) is 5.13 Å². The molecule has 6 heteroatoms. The maximum Gasteiger partial charge on any atom is 0.225 e. The summed E-state index contributed by atoms with van der Waals surface area (Å²) in [4.78, 5) is 17.7. The van der Waals surface area contributed by atoms with Crippen molar-refractivity contribution >= 4 is 42.2 Å². The molecule has 0 bridgehead atoms. The third-order valence-electron chi connectivity index (χ3n) is 2.71. The first kappa shape index (κ1) is 16.7. The lowest BCUT2D eigenvalue weighted by molar-refractivity contribution is -0.116. The third kappa shape index (κ3) is 6.10. The number of amides is 1. The Morgan fingerprint density at radius 1 is 1.47 bits per heavy atom. The van der Waals surface area contributed by atoms with E-state index in [0.29, 0.717) is 6.54 Å². The van der Waals surface area contributed by atoms with Gasteiger partial charge in [0.2, 0.25) is 5.91 Å². The summed E-state index contributed by atoms with van der Waals surface area (Å²) in [7, 11) is -0.920. The fourth-order valence-electron chi connectivity index (χ4n) is 1.53. The first-order valence-electron chi connectivity index (χ1n) is 6.63. The highest BCUT2D eigenvalue weighted by atomic mass is 32.2. The summed E-state index contributed by atoms with van der Waals surface area (Å²) in [5, 5.41) is 2.90. The van der Waals surface area contributed by atoms with E-state index >= 15 is 0 Å². The maximum absolute atomic E-state index is 11.4. The van der Waals surface area contributed by atoms with Crippen molar-refractivity contribution in [3.8, 4) is 0 Å². The highest BCUT2D eigenvalue weighted by molar-refractivity contribution is 7.98. The van der Waals surface area contributed by atoms with Crippen LogP contribution in [0.25, 0.3) is 0 Å². The van der Waals surface area contributed by atoms with Gasteiger partial charge in [0.15, 0.2) is 5.13 Å². The first-order chi connectivity index (χ1) is 8.83. The van der Waals surface area contributed by atoms with E-state index in [1.807, 2.05) is 18.7 Å². The van der Waals surface area contributed by atoms with E-state index in [1.165, 1.54) is 11.8 Å². The number of hydrogen-bond acceptors (Lipinski definition) is 4. The van der Waals surface area contributed by atoms with Gasteiger partial charge in [0.25, 0.3) is 0 Å². The fourth-order valence-corrected chi connectivity index (χ4v) is 6.10. The summed E-state index contributed by atoms with van der Waals surface area (Å²) in [6.45, 7) is 11.5. The number of hydrogen-bond donors (Lipinski definition) is 0. The molecule has 1 aromatic rings. The SMILES string of the molecule is CCN(C(C)=O)c1nc(CSCC[Si](C)(C)C)cs1. The zero-order chi connectivity index (χ0) is 14.5. The lowest BCUT2D eigenvalue weighted by atomic mass is 10.5. The van der Waals surface area contributed by atoms with Crippen molar-refractivity contribution < 1.29 is 4.79 Å². The number of thioether (sulfide) groups is 1. The Morgan fingerprint density at radius 3 is 2.68 bits per heavy atom. The van der Waals surface area contributed by atoms with Crippen LogP contribution in [-0.2, 0) is 10.5 Å². The van der Waals surface area contributed by atoms with Gasteiger partial charge in [-0.15, -0.1) is 11.3 Å².